The van der Waals surface area contributed by atoms with Crippen LogP contribution in [0.3, 0.4) is 0 Å². The number of para-hydroxylation sites is 1. The summed E-state index contributed by atoms with van der Waals surface area (Å²) in [4.78, 5) is 14.5. The third-order valence-electron chi connectivity index (χ3n) is 5.32. The maximum atomic E-state index is 4.93. The number of pyridine rings is 1. The highest BCUT2D eigenvalue weighted by Crippen LogP contribution is 2.33. The molecule has 0 spiro atoms. The zero-order valence-corrected chi connectivity index (χ0v) is 16.4. The molecule has 1 aliphatic rings. The molecule has 6 rings (SSSR count). The minimum absolute atomic E-state index is 0.735. The van der Waals surface area contributed by atoms with Gasteiger partial charge in [-0.05, 0) is 48.2 Å². The standard InChI is InChI=1S/C22H18N6S/c1-3-14(18-5-2-12-29-18)19-16(4-1)25-22(26-19)21-20-17(27-28-21)7-6-15(24-20)13-8-10-23-11-9-13/h1-8,12,23H,9-11H2,(H,25,26)(H,27,28). The highest BCUT2D eigenvalue weighted by atomic mass is 32.1. The molecule has 6 nitrogen and oxygen atoms in total. The van der Waals surface area contributed by atoms with E-state index < -0.39 is 0 Å². The zero-order valence-electron chi connectivity index (χ0n) is 15.6. The predicted molar refractivity (Wildman–Crippen MR) is 118 cm³/mol. The van der Waals surface area contributed by atoms with Crippen molar-refractivity contribution in [1.29, 1.82) is 0 Å². The molecule has 3 N–H and O–H groups in total. The van der Waals surface area contributed by atoms with Gasteiger partial charge in [-0.3, -0.25) is 5.10 Å². The zero-order chi connectivity index (χ0) is 19.2. The van der Waals surface area contributed by atoms with Crippen molar-refractivity contribution in [3.8, 4) is 22.0 Å². The van der Waals surface area contributed by atoms with E-state index >= 15 is 0 Å². The van der Waals surface area contributed by atoms with Crippen LogP contribution < -0.4 is 5.32 Å². The number of nitrogens with one attached hydrogen (secondary N) is 3. The van der Waals surface area contributed by atoms with E-state index in [9.17, 15) is 0 Å². The average Bonchev–Trinajstić information content (AvgIpc) is 3.52. The molecule has 29 heavy (non-hydrogen) atoms. The Bertz CT molecular complexity index is 1360. The molecule has 5 heterocycles. The van der Waals surface area contributed by atoms with Gasteiger partial charge in [-0.1, -0.05) is 24.3 Å². The number of hydrogen-bond donors (Lipinski definition) is 3. The monoisotopic (exact) mass is 398 g/mol. The summed E-state index contributed by atoms with van der Waals surface area (Å²) in [5.74, 6) is 0.735. The van der Waals surface area contributed by atoms with Gasteiger partial charge in [0.1, 0.15) is 5.52 Å². The van der Waals surface area contributed by atoms with E-state index in [2.05, 4.69) is 74.4 Å². The highest BCUT2D eigenvalue weighted by Gasteiger charge is 2.17. The first-order valence-corrected chi connectivity index (χ1v) is 10.5. The molecule has 0 saturated heterocycles. The van der Waals surface area contributed by atoms with E-state index in [1.54, 1.807) is 11.3 Å². The fourth-order valence-electron chi connectivity index (χ4n) is 3.87. The van der Waals surface area contributed by atoms with Gasteiger partial charge >= 0.3 is 0 Å². The third-order valence-corrected chi connectivity index (χ3v) is 6.23. The van der Waals surface area contributed by atoms with E-state index in [0.717, 1.165) is 64.4 Å². The molecule has 7 heteroatoms. The van der Waals surface area contributed by atoms with Gasteiger partial charge in [0.05, 0.1) is 22.2 Å². The number of nitrogens with zero attached hydrogens (tertiary/aromatic N) is 3. The summed E-state index contributed by atoms with van der Waals surface area (Å²) in [5.41, 5.74) is 7.89. The summed E-state index contributed by atoms with van der Waals surface area (Å²) in [7, 11) is 0. The number of aromatic amines is 2. The lowest BCUT2D eigenvalue weighted by molar-refractivity contribution is 0.737. The fraction of sp³-hybridized carbons (Fsp3) is 0.136. The lowest BCUT2D eigenvalue weighted by Gasteiger charge is -2.13. The first-order valence-electron chi connectivity index (χ1n) is 9.65. The van der Waals surface area contributed by atoms with Gasteiger partial charge in [0.15, 0.2) is 11.5 Å². The van der Waals surface area contributed by atoms with Gasteiger partial charge in [-0.25, -0.2) is 9.97 Å². The van der Waals surface area contributed by atoms with Gasteiger partial charge in [0.25, 0.3) is 0 Å². The topological polar surface area (TPSA) is 82.3 Å². The fourth-order valence-corrected chi connectivity index (χ4v) is 4.63. The second kappa shape index (κ2) is 6.65. The van der Waals surface area contributed by atoms with Crippen LogP contribution in [0.4, 0.5) is 0 Å². The van der Waals surface area contributed by atoms with Crippen molar-refractivity contribution in [3.63, 3.8) is 0 Å². The highest BCUT2D eigenvalue weighted by molar-refractivity contribution is 7.13. The van der Waals surface area contributed by atoms with Crippen LogP contribution >= 0.6 is 11.3 Å². The normalized spacial score (nSPS) is 14.6. The van der Waals surface area contributed by atoms with E-state index in [-0.39, 0.29) is 0 Å². The molecule has 4 aromatic heterocycles. The van der Waals surface area contributed by atoms with Crippen molar-refractivity contribution in [3.05, 3.63) is 59.6 Å². The Balaban J connectivity index is 1.50. The number of hydrogen-bond acceptors (Lipinski definition) is 5. The molecule has 0 aliphatic carbocycles. The van der Waals surface area contributed by atoms with E-state index in [0.29, 0.717) is 0 Å². The van der Waals surface area contributed by atoms with E-state index in [1.165, 1.54) is 10.5 Å². The Morgan fingerprint density at radius 3 is 2.79 bits per heavy atom. The van der Waals surface area contributed by atoms with E-state index in [4.69, 9.17) is 9.97 Å². The lowest BCUT2D eigenvalue weighted by Crippen LogP contribution is -2.20. The molecule has 1 aliphatic heterocycles. The Hall–Kier alpha value is -3.29. The number of H-pyrrole nitrogens is 2. The second-order valence-corrected chi connectivity index (χ2v) is 8.06. The van der Waals surface area contributed by atoms with Crippen molar-refractivity contribution < 1.29 is 0 Å². The molecule has 0 radical (unpaired) electrons. The van der Waals surface area contributed by atoms with Crippen molar-refractivity contribution in [2.45, 2.75) is 6.42 Å². The van der Waals surface area contributed by atoms with Crippen LogP contribution in [0.1, 0.15) is 12.1 Å². The number of imidazole rings is 1. The van der Waals surface area contributed by atoms with Crippen molar-refractivity contribution in [2.24, 2.45) is 0 Å². The molecule has 5 aromatic rings. The van der Waals surface area contributed by atoms with Crippen LogP contribution in [0.2, 0.25) is 0 Å². The Morgan fingerprint density at radius 2 is 1.93 bits per heavy atom. The summed E-state index contributed by atoms with van der Waals surface area (Å²) in [6.07, 6.45) is 3.20. The summed E-state index contributed by atoms with van der Waals surface area (Å²) >= 11 is 1.72. The van der Waals surface area contributed by atoms with Gasteiger partial charge < -0.3 is 10.3 Å². The summed E-state index contributed by atoms with van der Waals surface area (Å²) < 4.78 is 0. The lowest BCUT2D eigenvalue weighted by atomic mass is 10.1. The second-order valence-electron chi connectivity index (χ2n) is 7.11. The van der Waals surface area contributed by atoms with Gasteiger partial charge in [0, 0.05) is 17.0 Å². The molecule has 1 aromatic carbocycles. The Morgan fingerprint density at radius 1 is 0.931 bits per heavy atom. The van der Waals surface area contributed by atoms with Crippen LogP contribution in [0.5, 0.6) is 0 Å². The van der Waals surface area contributed by atoms with Crippen LogP contribution in [0, 0.1) is 0 Å². The molecule has 142 valence electrons. The maximum Gasteiger partial charge on any atom is 0.161 e. The molecule has 0 unspecified atom stereocenters. The summed E-state index contributed by atoms with van der Waals surface area (Å²) in [6.45, 7) is 1.88. The van der Waals surface area contributed by atoms with Crippen molar-refractivity contribution >= 4 is 39.0 Å². The maximum absolute atomic E-state index is 4.93. The Labute approximate surface area is 170 Å². The van der Waals surface area contributed by atoms with Crippen molar-refractivity contribution in [1.82, 2.24) is 30.5 Å². The predicted octanol–water partition coefficient (Wildman–Crippen LogP) is 4.61. The SMILES string of the molecule is C1=C(c2ccc3[nH]nc(-c4nc5c(-c6cccs6)cccc5[nH]4)c3n2)CCNC1. The first-order chi connectivity index (χ1) is 14.4. The molecule has 0 amide bonds. The summed E-state index contributed by atoms with van der Waals surface area (Å²) in [5, 5.41) is 13.1. The molecule has 0 saturated carbocycles. The van der Waals surface area contributed by atoms with Crippen LogP contribution in [0.25, 0.3) is 49.6 Å². The number of aromatic nitrogens is 5. The molecule has 0 bridgehead atoms. The van der Waals surface area contributed by atoms with Gasteiger partial charge in [0.2, 0.25) is 0 Å². The molecular weight excluding hydrogens is 380 g/mol. The quantitative estimate of drug-likeness (QED) is 0.415. The molecule has 0 atom stereocenters. The molecule has 0 fully saturated rings. The number of benzene rings is 1. The van der Waals surface area contributed by atoms with Crippen LogP contribution in [-0.2, 0) is 0 Å². The average molecular weight is 398 g/mol. The number of rotatable bonds is 3. The largest absolute Gasteiger partial charge is 0.336 e. The minimum atomic E-state index is 0.735. The van der Waals surface area contributed by atoms with Crippen molar-refractivity contribution in [2.75, 3.05) is 13.1 Å². The van der Waals surface area contributed by atoms with Crippen LogP contribution in [0.15, 0.2) is 53.9 Å². The van der Waals surface area contributed by atoms with Crippen LogP contribution in [-0.4, -0.2) is 38.2 Å². The van der Waals surface area contributed by atoms with Gasteiger partial charge in [-0.15, -0.1) is 11.3 Å². The van der Waals surface area contributed by atoms with E-state index in [1.807, 2.05) is 0 Å². The third kappa shape index (κ3) is 2.78. The number of thiophene rings is 1. The smallest absolute Gasteiger partial charge is 0.161 e. The van der Waals surface area contributed by atoms with Gasteiger partial charge in [-0.2, -0.15) is 5.10 Å². The summed E-state index contributed by atoms with van der Waals surface area (Å²) in [6, 6.07) is 14.5. The molecular formula is C22H18N6S. The number of fused-ring (bicyclic) bond motifs is 2. The first kappa shape index (κ1) is 16.6. The minimum Gasteiger partial charge on any atom is -0.336 e. The Kier molecular flexibility index (Phi) is 3.82.